The molecule has 1 aromatic rings. The summed E-state index contributed by atoms with van der Waals surface area (Å²) in [5.74, 6) is -0.0570. The highest BCUT2D eigenvalue weighted by Crippen LogP contribution is 2.28. The molecule has 4 N–H and O–H groups in total. The Bertz CT molecular complexity index is 1170. The van der Waals surface area contributed by atoms with Gasteiger partial charge in [0.1, 0.15) is 11.5 Å². The van der Waals surface area contributed by atoms with Gasteiger partial charge in [0.2, 0.25) is 0 Å². The van der Waals surface area contributed by atoms with E-state index in [1.165, 1.54) is 25.7 Å². The van der Waals surface area contributed by atoms with E-state index in [1.54, 1.807) is 0 Å². The average molecular weight is 848 g/mol. The van der Waals surface area contributed by atoms with E-state index in [0.29, 0.717) is 25.0 Å². The Labute approximate surface area is 363 Å². The van der Waals surface area contributed by atoms with Crippen LogP contribution in [-0.2, 0) is 25.7 Å². The Kier molecular flexibility index (Phi) is 34.1. The van der Waals surface area contributed by atoms with E-state index in [1.807, 2.05) is 6.07 Å². The lowest BCUT2D eigenvalue weighted by molar-refractivity contribution is -0.138. The number of carboxylic acid groups (broad SMARTS) is 4. The smallest absolute Gasteiger partial charge is 0.303 e. The van der Waals surface area contributed by atoms with Crippen LogP contribution in [-0.4, -0.2) is 76.5 Å². The van der Waals surface area contributed by atoms with Gasteiger partial charge in [-0.15, -0.1) is 0 Å². The van der Waals surface area contributed by atoms with E-state index in [4.69, 9.17) is 29.9 Å². The molecule has 11 nitrogen and oxygen atoms in total. The molecule has 60 heavy (non-hydrogen) atoms. The van der Waals surface area contributed by atoms with Crippen LogP contribution >= 0.6 is 0 Å². The number of ether oxygens (including phenoxy) is 2. The minimum atomic E-state index is -0.718. The van der Waals surface area contributed by atoms with Crippen molar-refractivity contribution in [1.82, 2.24) is 4.90 Å². The number of nitrogens with zero attached hydrogens (tertiary/aromatic N) is 1. The number of carbonyl (C=O) groups is 4. The third-order valence-electron chi connectivity index (χ3n) is 11.5. The summed E-state index contributed by atoms with van der Waals surface area (Å²) >= 11 is 0. The minimum absolute atomic E-state index is 0.250. The number of benzene rings is 1. The van der Waals surface area contributed by atoms with E-state index in [0.717, 1.165) is 178 Å². The molecule has 0 aliphatic heterocycles. The van der Waals surface area contributed by atoms with E-state index < -0.39 is 23.9 Å². The number of aliphatic carboxylic acids is 4. The summed E-state index contributed by atoms with van der Waals surface area (Å²) in [6, 6.07) is 6.29. The largest absolute Gasteiger partial charge is 0.493 e. The summed E-state index contributed by atoms with van der Waals surface area (Å²) in [4.78, 5) is 45.4. The molecule has 0 saturated carbocycles. The molecule has 0 aliphatic rings. The molecule has 346 valence electrons. The molecular weight excluding hydrogens is 763 g/mol. The van der Waals surface area contributed by atoms with Crippen LogP contribution in [0.5, 0.6) is 11.5 Å². The van der Waals surface area contributed by atoms with Crippen molar-refractivity contribution in [3.8, 4) is 11.5 Å². The van der Waals surface area contributed by atoms with Gasteiger partial charge in [0, 0.05) is 38.3 Å². The molecule has 1 rings (SSSR count). The Balaban J connectivity index is 2.76. The van der Waals surface area contributed by atoms with Crippen molar-refractivity contribution in [3.63, 3.8) is 0 Å². The predicted octanol–water partition coefficient (Wildman–Crippen LogP) is 12.6. The number of carboxylic acids is 4. The Morgan fingerprint density at radius 3 is 0.950 bits per heavy atom. The predicted molar refractivity (Wildman–Crippen MR) is 240 cm³/mol. The third kappa shape index (κ3) is 35.4. The fourth-order valence-electron chi connectivity index (χ4n) is 8.12. The molecule has 0 radical (unpaired) electrons. The van der Waals surface area contributed by atoms with Crippen LogP contribution in [0.25, 0.3) is 0 Å². The molecule has 2 unspecified atom stereocenters. The van der Waals surface area contributed by atoms with Gasteiger partial charge in [-0.3, -0.25) is 19.2 Å². The lowest BCUT2D eigenvalue weighted by Crippen LogP contribution is -2.12. The van der Waals surface area contributed by atoms with E-state index in [-0.39, 0.29) is 25.7 Å². The van der Waals surface area contributed by atoms with Gasteiger partial charge in [0.25, 0.3) is 0 Å². The average Bonchev–Trinajstić information content (AvgIpc) is 3.17. The van der Waals surface area contributed by atoms with Gasteiger partial charge < -0.3 is 34.8 Å². The molecule has 0 aliphatic carbocycles. The normalized spacial score (nSPS) is 12.4. The molecule has 0 spiro atoms. The molecule has 1 aromatic carbocycles. The van der Waals surface area contributed by atoms with Crippen molar-refractivity contribution in [3.05, 3.63) is 23.8 Å². The lowest BCUT2D eigenvalue weighted by Gasteiger charge is -2.20. The van der Waals surface area contributed by atoms with E-state index >= 15 is 0 Å². The minimum Gasteiger partial charge on any atom is -0.493 e. The van der Waals surface area contributed by atoms with Crippen LogP contribution < -0.4 is 9.47 Å². The Morgan fingerprint density at radius 2 is 0.683 bits per heavy atom. The Hall–Kier alpha value is -3.34. The number of rotatable bonds is 44. The maximum Gasteiger partial charge on any atom is 0.303 e. The second kappa shape index (κ2) is 37.4. The Morgan fingerprint density at radius 1 is 0.417 bits per heavy atom. The first-order chi connectivity index (χ1) is 28.9. The third-order valence-corrected chi connectivity index (χ3v) is 11.5. The van der Waals surface area contributed by atoms with Crippen LogP contribution in [0.15, 0.2) is 18.2 Å². The van der Waals surface area contributed by atoms with Crippen LogP contribution in [0.3, 0.4) is 0 Å². The molecule has 0 fully saturated rings. The first-order valence-electron chi connectivity index (χ1n) is 23.9. The standard InChI is InChI=1S/C49H85NO10/c1-50(2)40-43-37-44(59-35-33-41(27-19-11-7-15-23-31-48(55)56)25-17-9-3-5-13-21-29-46(51)52)39-45(38-43)60-36-34-42(28-20-12-8-16-24-32-49(57)58)26-18-10-4-6-14-22-30-47(53)54/h37-39,41-42H,3-36,40H2,1-2H3,(H,51,52)(H,53,54)(H,55,56)(H,57,58). The zero-order chi connectivity index (χ0) is 44.1. The maximum absolute atomic E-state index is 10.9. The van der Waals surface area contributed by atoms with Gasteiger partial charge in [-0.1, -0.05) is 141 Å². The van der Waals surface area contributed by atoms with Crippen molar-refractivity contribution < 1.29 is 49.1 Å². The monoisotopic (exact) mass is 848 g/mol. The molecule has 11 heteroatoms. The van der Waals surface area contributed by atoms with Gasteiger partial charge in [-0.2, -0.15) is 0 Å². The van der Waals surface area contributed by atoms with Gasteiger partial charge in [-0.25, -0.2) is 0 Å². The van der Waals surface area contributed by atoms with Crippen molar-refractivity contribution in [1.29, 1.82) is 0 Å². The quantitative estimate of drug-likeness (QED) is 0.0461. The highest BCUT2D eigenvalue weighted by atomic mass is 16.5. The van der Waals surface area contributed by atoms with Gasteiger partial charge >= 0.3 is 23.9 Å². The van der Waals surface area contributed by atoms with Crippen LogP contribution in [0.2, 0.25) is 0 Å². The summed E-state index contributed by atoms with van der Waals surface area (Å²) in [6.07, 6.45) is 30.3. The second-order valence-electron chi connectivity index (χ2n) is 17.6. The van der Waals surface area contributed by atoms with Crippen molar-refractivity contribution >= 4 is 23.9 Å². The molecule has 0 heterocycles. The summed E-state index contributed by atoms with van der Waals surface area (Å²) in [7, 11) is 4.13. The highest BCUT2D eigenvalue weighted by molar-refractivity contribution is 5.67. The first kappa shape index (κ1) is 54.7. The second-order valence-corrected chi connectivity index (χ2v) is 17.6. The first-order valence-corrected chi connectivity index (χ1v) is 23.9. The molecule has 2 atom stereocenters. The molecule has 0 amide bonds. The maximum atomic E-state index is 10.9. The van der Waals surface area contributed by atoms with Crippen LogP contribution in [0.4, 0.5) is 0 Å². The SMILES string of the molecule is CN(C)Cc1cc(OCCC(CCCCCCCCC(=O)O)CCCCCCCC(=O)O)cc(OCCC(CCCCCCCCC(=O)O)CCCCCCCC(=O)O)c1. The molecule has 0 bridgehead atoms. The summed E-state index contributed by atoms with van der Waals surface area (Å²) < 4.78 is 12.9. The van der Waals surface area contributed by atoms with Gasteiger partial charge in [0.05, 0.1) is 13.2 Å². The van der Waals surface area contributed by atoms with Crippen LogP contribution in [0.1, 0.15) is 211 Å². The van der Waals surface area contributed by atoms with Crippen molar-refractivity contribution in [2.75, 3.05) is 27.3 Å². The zero-order valence-electron chi connectivity index (χ0n) is 37.8. The van der Waals surface area contributed by atoms with Crippen LogP contribution in [0, 0.1) is 11.8 Å². The molecule has 0 saturated heterocycles. The van der Waals surface area contributed by atoms with Gasteiger partial charge in [0.15, 0.2) is 0 Å². The molecular formula is C49H85NO10. The van der Waals surface area contributed by atoms with Crippen molar-refractivity contribution in [2.24, 2.45) is 11.8 Å². The number of unbranched alkanes of at least 4 members (excludes halogenated alkanes) is 18. The van der Waals surface area contributed by atoms with E-state index in [2.05, 4.69) is 31.1 Å². The number of hydrogen-bond donors (Lipinski definition) is 4. The molecule has 0 aromatic heterocycles. The lowest BCUT2D eigenvalue weighted by atomic mass is 9.91. The topological polar surface area (TPSA) is 171 Å². The van der Waals surface area contributed by atoms with E-state index in [9.17, 15) is 19.2 Å². The summed E-state index contributed by atoms with van der Waals surface area (Å²) in [5.41, 5.74) is 1.15. The van der Waals surface area contributed by atoms with Gasteiger partial charge in [-0.05, 0) is 82.2 Å². The van der Waals surface area contributed by atoms with Crippen molar-refractivity contribution in [2.45, 2.75) is 212 Å². The summed E-state index contributed by atoms with van der Waals surface area (Å²) in [6.45, 7) is 2.06. The summed E-state index contributed by atoms with van der Waals surface area (Å²) in [5, 5.41) is 35.6. The fraction of sp³-hybridized carbons (Fsp3) is 0.796. The number of hydrogen-bond acceptors (Lipinski definition) is 7. The fourth-order valence-corrected chi connectivity index (χ4v) is 8.12. The zero-order valence-corrected chi connectivity index (χ0v) is 37.8. The highest BCUT2D eigenvalue weighted by Gasteiger charge is 2.13.